The molecule has 1 aromatic carbocycles. The summed E-state index contributed by atoms with van der Waals surface area (Å²) in [5.74, 6) is 1.81. The fraction of sp³-hybridized carbons (Fsp3) is 0.500. The van der Waals surface area contributed by atoms with Crippen LogP contribution in [-0.2, 0) is 11.8 Å². The van der Waals surface area contributed by atoms with Gasteiger partial charge in [-0.15, -0.1) is 0 Å². The maximum Gasteiger partial charge on any atom is 0.123 e. The molecule has 1 fully saturated rings. The lowest BCUT2D eigenvalue weighted by Crippen LogP contribution is -2.62. The van der Waals surface area contributed by atoms with E-state index in [1.165, 1.54) is 17.7 Å². The summed E-state index contributed by atoms with van der Waals surface area (Å²) < 4.78 is 6.30. The van der Waals surface area contributed by atoms with Crippen LogP contribution in [0.3, 0.4) is 0 Å². The molecule has 1 N–H and O–H groups in total. The molecular weight excluding hydrogens is 222 g/mol. The topological polar surface area (TPSA) is 21.3 Å². The first-order chi connectivity index (χ1) is 8.89. The third-order valence-electron chi connectivity index (χ3n) is 5.53. The average Bonchev–Trinajstić information content (AvgIpc) is 2.70. The van der Waals surface area contributed by atoms with Crippen molar-refractivity contribution in [3.8, 4) is 5.75 Å². The average molecular weight is 239 g/mol. The summed E-state index contributed by atoms with van der Waals surface area (Å²) in [5, 5.41) is 3.72. The lowest BCUT2D eigenvalue weighted by Gasteiger charge is -2.53. The SMILES string of the molecule is C1=C[C@H]2[C@H]3Cc4cccc5c4[C@@]2(CCN3)C(C1)O5. The number of ether oxygens (including phenoxy) is 1. The van der Waals surface area contributed by atoms with Gasteiger partial charge in [-0.3, -0.25) is 0 Å². The Bertz CT molecular complexity index is 564. The fourth-order valence-electron chi connectivity index (χ4n) is 4.93. The van der Waals surface area contributed by atoms with Crippen molar-refractivity contribution in [3.05, 3.63) is 41.5 Å². The zero-order valence-electron chi connectivity index (χ0n) is 10.4. The molecular formula is C16H17NO. The first-order valence-electron chi connectivity index (χ1n) is 7.09. The van der Waals surface area contributed by atoms with Crippen molar-refractivity contribution in [2.45, 2.75) is 36.8 Å². The van der Waals surface area contributed by atoms with E-state index in [4.69, 9.17) is 4.74 Å². The van der Waals surface area contributed by atoms with Gasteiger partial charge < -0.3 is 10.1 Å². The van der Waals surface area contributed by atoms with E-state index in [2.05, 4.69) is 35.7 Å². The van der Waals surface area contributed by atoms with Crippen LogP contribution >= 0.6 is 0 Å². The van der Waals surface area contributed by atoms with Gasteiger partial charge in [-0.1, -0.05) is 24.3 Å². The van der Waals surface area contributed by atoms with E-state index in [0.29, 0.717) is 18.1 Å². The van der Waals surface area contributed by atoms with Crippen LogP contribution in [0.15, 0.2) is 30.4 Å². The van der Waals surface area contributed by atoms with E-state index in [9.17, 15) is 0 Å². The predicted octanol–water partition coefficient (Wildman–Crippen LogP) is 2.18. The lowest BCUT2D eigenvalue weighted by atomic mass is 9.54. The minimum absolute atomic E-state index is 0.287. The summed E-state index contributed by atoms with van der Waals surface area (Å²) in [4.78, 5) is 0. The van der Waals surface area contributed by atoms with E-state index in [0.717, 1.165) is 19.4 Å². The van der Waals surface area contributed by atoms with Crippen LogP contribution in [0.1, 0.15) is 24.0 Å². The van der Waals surface area contributed by atoms with Gasteiger partial charge in [-0.05, 0) is 31.0 Å². The van der Waals surface area contributed by atoms with Gasteiger partial charge in [-0.2, -0.15) is 0 Å². The van der Waals surface area contributed by atoms with E-state index >= 15 is 0 Å². The van der Waals surface area contributed by atoms with Gasteiger partial charge >= 0.3 is 0 Å². The molecule has 1 spiro atoms. The highest BCUT2D eigenvalue weighted by Crippen LogP contribution is 2.59. The van der Waals surface area contributed by atoms with Gasteiger partial charge in [0.05, 0.1) is 0 Å². The molecule has 2 heteroatoms. The largest absolute Gasteiger partial charge is 0.489 e. The molecule has 2 nitrogen and oxygen atoms in total. The van der Waals surface area contributed by atoms with Crippen LogP contribution in [0, 0.1) is 5.92 Å². The number of nitrogens with one attached hydrogen (secondary N) is 1. The van der Waals surface area contributed by atoms with E-state index in [-0.39, 0.29) is 5.41 Å². The molecule has 2 aliphatic heterocycles. The van der Waals surface area contributed by atoms with Crippen LogP contribution in [0.5, 0.6) is 5.75 Å². The summed E-state index contributed by atoms with van der Waals surface area (Å²) in [7, 11) is 0. The van der Waals surface area contributed by atoms with Gasteiger partial charge in [0.2, 0.25) is 0 Å². The molecule has 2 heterocycles. The second kappa shape index (κ2) is 3.00. The first-order valence-corrected chi connectivity index (χ1v) is 7.09. The van der Waals surface area contributed by atoms with Gasteiger partial charge in [0.25, 0.3) is 0 Å². The molecule has 0 saturated carbocycles. The molecule has 92 valence electrons. The molecule has 0 aromatic heterocycles. The number of benzene rings is 1. The quantitative estimate of drug-likeness (QED) is 0.701. The molecule has 5 rings (SSSR count). The number of hydrogen-bond donors (Lipinski definition) is 1. The Hall–Kier alpha value is -1.28. The van der Waals surface area contributed by atoms with Crippen molar-refractivity contribution in [2.24, 2.45) is 5.92 Å². The van der Waals surface area contributed by atoms with Crippen molar-refractivity contribution in [2.75, 3.05) is 6.54 Å². The molecule has 0 amide bonds. The third-order valence-corrected chi connectivity index (χ3v) is 5.53. The van der Waals surface area contributed by atoms with Crippen LogP contribution in [0.25, 0.3) is 0 Å². The molecule has 2 bridgehead atoms. The standard InChI is InChI=1S/C16H17NO/c1-3-10-9-12-11-4-2-6-14-16(11,7-8-17-12)15(10)13(5-1)18-14/h1-5,11-12,14,17H,6-9H2/t11-,12+,14?,16+/m0/s1. The highest BCUT2D eigenvalue weighted by molar-refractivity contribution is 5.55. The van der Waals surface area contributed by atoms with Crippen molar-refractivity contribution >= 4 is 0 Å². The number of rotatable bonds is 0. The Balaban J connectivity index is 1.86. The van der Waals surface area contributed by atoms with Crippen LogP contribution in [0.2, 0.25) is 0 Å². The molecule has 18 heavy (non-hydrogen) atoms. The van der Waals surface area contributed by atoms with E-state index < -0.39 is 0 Å². The second-order valence-corrected chi connectivity index (χ2v) is 6.14. The molecule has 1 aromatic rings. The lowest BCUT2D eigenvalue weighted by molar-refractivity contribution is 0.0565. The Kier molecular flexibility index (Phi) is 1.60. The van der Waals surface area contributed by atoms with Gasteiger partial charge in [0.15, 0.2) is 0 Å². The highest BCUT2D eigenvalue weighted by atomic mass is 16.5. The predicted molar refractivity (Wildman–Crippen MR) is 69.9 cm³/mol. The van der Waals surface area contributed by atoms with Crippen LogP contribution in [-0.4, -0.2) is 18.7 Å². The molecule has 2 aliphatic carbocycles. The Morgan fingerprint density at radius 3 is 3.33 bits per heavy atom. The summed E-state index contributed by atoms with van der Waals surface area (Å²) in [6.07, 6.45) is 8.65. The summed E-state index contributed by atoms with van der Waals surface area (Å²) in [6, 6.07) is 7.25. The van der Waals surface area contributed by atoms with Crippen LogP contribution in [0.4, 0.5) is 0 Å². The molecule has 4 aliphatic rings. The number of piperidine rings is 1. The zero-order valence-corrected chi connectivity index (χ0v) is 10.4. The normalized spacial score (nSPS) is 42.3. The smallest absolute Gasteiger partial charge is 0.123 e. The molecule has 1 unspecified atom stereocenters. The van der Waals surface area contributed by atoms with Crippen molar-refractivity contribution in [3.63, 3.8) is 0 Å². The van der Waals surface area contributed by atoms with E-state index in [1.807, 2.05) is 0 Å². The minimum atomic E-state index is 0.287. The second-order valence-electron chi connectivity index (χ2n) is 6.14. The summed E-state index contributed by atoms with van der Waals surface area (Å²) in [5.41, 5.74) is 3.37. The summed E-state index contributed by atoms with van der Waals surface area (Å²) >= 11 is 0. The first kappa shape index (κ1) is 9.62. The Morgan fingerprint density at radius 2 is 2.33 bits per heavy atom. The minimum Gasteiger partial charge on any atom is -0.489 e. The molecule has 1 saturated heterocycles. The third kappa shape index (κ3) is 0.892. The Morgan fingerprint density at radius 1 is 1.33 bits per heavy atom. The highest BCUT2D eigenvalue weighted by Gasteiger charge is 2.60. The summed E-state index contributed by atoms with van der Waals surface area (Å²) in [6.45, 7) is 1.14. The van der Waals surface area contributed by atoms with Crippen molar-refractivity contribution < 1.29 is 4.74 Å². The van der Waals surface area contributed by atoms with Crippen LogP contribution < -0.4 is 10.1 Å². The maximum atomic E-state index is 6.30. The van der Waals surface area contributed by atoms with Crippen molar-refractivity contribution in [1.29, 1.82) is 0 Å². The van der Waals surface area contributed by atoms with Gasteiger partial charge in [0, 0.05) is 29.4 Å². The van der Waals surface area contributed by atoms with E-state index in [1.54, 1.807) is 5.56 Å². The number of hydrogen-bond acceptors (Lipinski definition) is 2. The Labute approximate surface area is 107 Å². The van der Waals surface area contributed by atoms with Gasteiger partial charge in [0.1, 0.15) is 11.9 Å². The maximum absolute atomic E-state index is 6.30. The van der Waals surface area contributed by atoms with Crippen molar-refractivity contribution in [1.82, 2.24) is 5.32 Å². The fourth-order valence-corrected chi connectivity index (χ4v) is 4.93. The molecule has 4 atom stereocenters. The zero-order chi connectivity index (χ0) is 11.7. The molecule has 0 radical (unpaired) electrons. The van der Waals surface area contributed by atoms with Gasteiger partial charge in [-0.25, -0.2) is 0 Å². The monoisotopic (exact) mass is 239 g/mol.